The normalized spacial score (nSPS) is 11.9. The minimum absolute atomic E-state index is 0.0342. The van der Waals surface area contributed by atoms with Gasteiger partial charge in [-0.1, -0.05) is 83.3 Å². The Labute approximate surface area is 273 Å². The first-order valence-corrected chi connectivity index (χ1v) is 16.5. The van der Waals surface area contributed by atoms with Crippen LogP contribution in [0.15, 0.2) is 102 Å². The number of sulfonamides is 1. The summed E-state index contributed by atoms with van der Waals surface area (Å²) in [5, 5.41) is 3.94. The first-order chi connectivity index (χ1) is 21.0. The molecule has 4 rings (SSSR count). The third-order valence-corrected chi connectivity index (χ3v) is 9.58. The Morgan fingerprint density at radius 1 is 0.841 bits per heavy atom. The quantitative estimate of drug-likeness (QED) is 0.177. The van der Waals surface area contributed by atoms with Crippen molar-refractivity contribution in [1.29, 1.82) is 0 Å². The van der Waals surface area contributed by atoms with Crippen LogP contribution in [0.1, 0.15) is 23.6 Å². The van der Waals surface area contributed by atoms with Gasteiger partial charge in [-0.25, -0.2) is 8.42 Å². The predicted molar refractivity (Wildman–Crippen MR) is 177 cm³/mol. The summed E-state index contributed by atoms with van der Waals surface area (Å²) in [6.45, 7) is 3.32. The van der Waals surface area contributed by atoms with Crippen LogP contribution in [-0.2, 0) is 32.6 Å². The maximum Gasteiger partial charge on any atom is 0.264 e. The molecule has 0 unspecified atom stereocenters. The van der Waals surface area contributed by atoms with Gasteiger partial charge in [-0.05, 0) is 79.1 Å². The predicted octanol–water partition coefficient (Wildman–Crippen LogP) is 6.93. The SMILES string of the molecule is CCNC(=O)[C@H](Cc1ccccc1)N(Cc1ccc(Cl)cc1Cl)C(=O)CN(c1cccc(C)c1)S(=O)(=O)c1ccc(Cl)cc1. The van der Waals surface area contributed by atoms with Crippen LogP contribution >= 0.6 is 34.8 Å². The highest BCUT2D eigenvalue weighted by Gasteiger charge is 2.34. The van der Waals surface area contributed by atoms with Crippen molar-refractivity contribution in [3.8, 4) is 0 Å². The smallest absolute Gasteiger partial charge is 0.264 e. The van der Waals surface area contributed by atoms with Gasteiger partial charge < -0.3 is 10.2 Å². The van der Waals surface area contributed by atoms with Crippen LogP contribution in [-0.4, -0.2) is 44.3 Å². The summed E-state index contributed by atoms with van der Waals surface area (Å²) in [6.07, 6.45) is 0.192. The molecule has 0 aliphatic heterocycles. The molecule has 0 saturated heterocycles. The van der Waals surface area contributed by atoms with Crippen molar-refractivity contribution in [3.63, 3.8) is 0 Å². The van der Waals surface area contributed by atoms with Crippen LogP contribution in [0, 0.1) is 6.92 Å². The third-order valence-electron chi connectivity index (χ3n) is 6.95. The van der Waals surface area contributed by atoms with E-state index in [1.54, 1.807) is 43.3 Å². The van der Waals surface area contributed by atoms with Gasteiger partial charge in [0.25, 0.3) is 10.0 Å². The fourth-order valence-corrected chi connectivity index (χ4v) is 6.73. The van der Waals surface area contributed by atoms with Gasteiger partial charge in [-0.2, -0.15) is 0 Å². The molecule has 0 radical (unpaired) electrons. The number of nitrogens with one attached hydrogen (secondary N) is 1. The van der Waals surface area contributed by atoms with Gasteiger partial charge in [0.1, 0.15) is 12.6 Å². The van der Waals surface area contributed by atoms with Crippen LogP contribution in [0.5, 0.6) is 0 Å². The molecular formula is C33H32Cl3N3O4S. The van der Waals surface area contributed by atoms with E-state index in [0.29, 0.717) is 32.9 Å². The number of amides is 2. The maximum atomic E-state index is 14.4. The molecule has 4 aromatic rings. The van der Waals surface area contributed by atoms with Crippen molar-refractivity contribution in [3.05, 3.63) is 129 Å². The molecule has 2 amide bonds. The molecule has 0 fully saturated rings. The van der Waals surface area contributed by atoms with Gasteiger partial charge in [-0.3, -0.25) is 13.9 Å². The molecule has 11 heteroatoms. The first kappa shape index (κ1) is 33.3. The number of anilines is 1. The van der Waals surface area contributed by atoms with E-state index in [-0.39, 0.29) is 23.8 Å². The number of likely N-dealkylation sites (N-methyl/N-ethyl adjacent to an activating group) is 1. The van der Waals surface area contributed by atoms with E-state index in [2.05, 4.69) is 5.32 Å². The highest BCUT2D eigenvalue weighted by molar-refractivity contribution is 7.92. The summed E-state index contributed by atoms with van der Waals surface area (Å²) in [4.78, 5) is 29.3. The summed E-state index contributed by atoms with van der Waals surface area (Å²) in [7, 11) is -4.23. The van der Waals surface area contributed by atoms with E-state index >= 15 is 0 Å². The number of rotatable bonds is 12. The lowest BCUT2D eigenvalue weighted by atomic mass is 10.0. The molecule has 0 spiro atoms. The van der Waals surface area contributed by atoms with Gasteiger partial charge in [0, 0.05) is 34.6 Å². The Bertz CT molecular complexity index is 1720. The molecule has 0 saturated carbocycles. The van der Waals surface area contributed by atoms with Crippen LogP contribution < -0.4 is 9.62 Å². The van der Waals surface area contributed by atoms with E-state index < -0.39 is 28.5 Å². The lowest BCUT2D eigenvalue weighted by Gasteiger charge is -2.34. The maximum absolute atomic E-state index is 14.4. The molecule has 0 aliphatic rings. The summed E-state index contributed by atoms with van der Waals surface area (Å²) in [5.41, 5.74) is 2.48. The summed E-state index contributed by atoms with van der Waals surface area (Å²) in [5.74, 6) is -0.973. The van der Waals surface area contributed by atoms with Crippen molar-refractivity contribution >= 4 is 62.3 Å². The lowest BCUT2D eigenvalue weighted by Crippen LogP contribution is -2.53. The number of halogens is 3. The molecule has 4 aromatic carbocycles. The van der Waals surface area contributed by atoms with Gasteiger partial charge in [0.05, 0.1) is 10.6 Å². The van der Waals surface area contributed by atoms with E-state index in [1.165, 1.54) is 29.2 Å². The molecular weight excluding hydrogens is 641 g/mol. The monoisotopic (exact) mass is 671 g/mol. The molecule has 1 atom stereocenters. The van der Waals surface area contributed by atoms with Crippen LogP contribution in [0.3, 0.4) is 0 Å². The second kappa shape index (κ2) is 14.9. The number of nitrogens with zero attached hydrogens (tertiary/aromatic N) is 2. The van der Waals surface area contributed by atoms with E-state index in [0.717, 1.165) is 15.4 Å². The van der Waals surface area contributed by atoms with Gasteiger partial charge in [-0.15, -0.1) is 0 Å². The van der Waals surface area contributed by atoms with Gasteiger partial charge in [0.2, 0.25) is 11.8 Å². The molecule has 0 heterocycles. The van der Waals surface area contributed by atoms with Gasteiger partial charge in [0.15, 0.2) is 0 Å². The summed E-state index contributed by atoms with van der Waals surface area (Å²) < 4.78 is 29.2. The summed E-state index contributed by atoms with van der Waals surface area (Å²) >= 11 is 18.7. The second-order valence-electron chi connectivity index (χ2n) is 10.2. The number of carbonyl (C=O) groups excluding carboxylic acids is 2. The van der Waals surface area contributed by atoms with Crippen molar-refractivity contribution in [2.45, 2.75) is 37.8 Å². The molecule has 7 nitrogen and oxygen atoms in total. The topological polar surface area (TPSA) is 86.8 Å². The number of hydrogen-bond acceptors (Lipinski definition) is 4. The zero-order chi connectivity index (χ0) is 31.9. The minimum Gasteiger partial charge on any atom is -0.355 e. The standard InChI is InChI=1S/C33H32Cl3N3O4S/c1-3-37-33(41)31(19-24-9-5-4-6-10-24)38(21-25-12-13-27(35)20-30(25)36)32(40)22-39(28-11-7-8-23(2)18-28)44(42,43)29-16-14-26(34)15-17-29/h4-18,20,31H,3,19,21-22H2,1-2H3,(H,37,41)/t31-/m0/s1. The Morgan fingerprint density at radius 3 is 2.16 bits per heavy atom. The van der Waals surface area contributed by atoms with Crippen LogP contribution in [0.25, 0.3) is 0 Å². The molecule has 0 aliphatic carbocycles. The highest BCUT2D eigenvalue weighted by atomic mass is 35.5. The van der Waals surface area contributed by atoms with E-state index in [1.807, 2.05) is 43.3 Å². The Balaban J connectivity index is 1.82. The highest BCUT2D eigenvalue weighted by Crippen LogP contribution is 2.28. The Hall–Kier alpha value is -3.56. The van der Waals surface area contributed by atoms with Crippen LogP contribution in [0.4, 0.5) is 5.69 Å². The zero-order valence-electron chi connectivity index (χ0n) is 24.2. The Kier molecular flexibility index (Phi) is 11.3. The third kappa shape index (κ3) is 8.33. The Morgan fingerprint density at radius 2 is 1.52 bits per heavy atom. The lowest BCUT2D eigenvalue weighted by molar-refractivity contribution is -0.140. The second-order valence-corrected chi connectivity index (χ2v) is 13.3. The molecule has 230 valence electrons. The van der Waals surface area contributed by atoms with Crippen molar-refractivity contribution in [2.75, 3.05) is 17.4 Å². The molecule has 0 bridgehead atoms. The first-order valence-electron chi connectivity index (χ1n) is 13.9. The molecule has 44 heavy (non-hydrogen) atoms. The fourth-order valence-electron chi connectivity index (χ4n) is 4.73. The zero-order valence-corrected chi connectivity index (χ0v) is 27.3. The minimum atomic E-state index is -4.23. The number of hydrogen-bond donors (Lipinski definition) is 1. The van der Waals surface area contributed by atoms with Gasteiger partial charge >= 0.3 is 0 Å². The summed E-state index contributed by atoms with van der Waals surface area (Å²) in [6, 6.07) is 25.8. The van der Waals surface area contributed by atoms with Crippen molar-refractivity contribution < 1.29 is 18.0 Å². The molecule has 0 aromatic heterocycles. The average Bonchev–Trinajstić information content (AvgIpc) is 2.99. The van der Waals surface area contributed by atoms with E-state index in [4.69, 9.17) is 34.8 Å². The number of benzene rings is 4. The molecule has 1 N–H and O–H groups in total. The van der Waals surface area contributed by atoms with Crippen molar-refractivity contribution in [1.82, 2.24) is 10.2 Å². The van der Waals surface area contributed by atoms with Crippen LogP contribution in [0.2, 0.25) is 15.1 Å². The average molecular weight is 673 g/mol. The largest absolute Gasteiger partial charge is 0.355 e. The fraction of sp³-hybridized carbons (Fsp3) is 0.212. The number of carbonyl (C=O) groups is 2. The number of aryl methyl sites for hydroxylation is 1. The van der Waals surface area contributed by atoms with E-state index in [9.17, 15) is 18.0 Å². The van der Waals surface area contributed by atoms with Crippen molar-refractivity contribution in [2.24, 2.45) is 0 Å².